The first kappa shape index (κ1) is 12.0. The van der Waals surface area contributed by atoms with Crippen LogP contribution in [0.25, 0.3) is 0 Å². The van der Waals surface area contributed by atoms with Crippen molar-refractivity contribution in [3.05, 3.63) is 34.9 Å². The average molecular weight is 228 g/mol. The lowest BCUT2D eigenvalue weighted by atomic mass is 9.86. The Kier molecular flexibility index (Phi) is 3.41. The molecule has 17 heavy (non-hydrogen) atoms. The number of aliphatic imine (C=N–C) groups is 2. The van der Waals surface area contributed by atoms with E-state index in [0.29, 0.717) is 18.5 Å². The summed E-state index contributed by atoms with van der Waals surface area (Å²) in [5.41, 5.74) is 5.11. The lowest BCUT2D eigenvalue weighted by Crippen LogP contribution is -2.10. The Balaban J connectivity index is 2.62. The topological polar surface area (TPSA) is 24.7 Å². The molecule has 0 N–H and O–H groups in total. The number of rotatable bonds is 3. The summed E-state index contributed by atoms with van der Waals surface area (Å²) in [6.45, 7) is 9.51. The molecule has 90 valence electrons. The Labute approximate surface area is 104 Å². The van der Waals surface area contributed by atoms with Crippen molar-refractivity contribution in [1.29, 1.82) is 0 Å². The molecule has 0 aliphatic carbocycles. The van der Waals surface area contributed by atoms with Crippen LogP contribution in [0.15, 0.2) is 28.2 Å². The van der Waals surface area contributed by atoms with Gasteiger partial charge in [-0.2, -0.15) is 0 Å². The van der Waals surface area contributed by atoms with Gasteiger partial charge in [0.05, 0.1) is 5.71 Å². The molecule has 0 bridgehead atoms. The molecule has 0 spiro atoms. The predicted molar refractivity (Wildman–Crippen MR) is 74.5 cm³/mol. The van der Waals surface area contributed by atoms with Crippen LogP contribution >= 0.6 is 0 Å². The van der Waals surface area contributed by atoms with E-state index in [1.165, 1.54) is 16.7 Å². The first-order valence-corrected chi connectivity index (χ1v) is 6.28. The zero-order valence-corrected chi connectivity index (χ0v) is 11.1. The van der Waals surface area contributed by atoms with Gasteiger partial charge in [0.25, 0.3) is 0 Å². The van der Waals surface area contributed by atoms with E-state index in [1.54, 1.807) is 0 Å². The standard InChI is InChI=1S/C15H20N2/c1-10(2)12-6-5-7-13(11(3)4)15(12)14-8-16-9-17-14/h5-8,10-11H,9H2,1-4H3. The van der Waals surface area contributed by atoms with Gasteiger partial charge in [0.1, 0.15) is 6.67 Å². The second-order valence-electron chi connectivity index (χ2n) is 5.12. The minimum Gasteiger partial charge on any atom is -0.268 e. The summed E-state index contributed by atoms with van der Waals surface area (Å²) in [6.07, 6.45) is 1.91. The lowest BCUT2D eigenvalue weighted by molar-refractivity contribution is 0.830. The number of hydrogen-bond acceptors (Lipinski definition) is 2. The van der Waals surface area contributed by atoms with E-state index >= 15 is 0 Å². The van der Waals surface area contributed by atoms with Gasteiger partial charge in [-0.15, -0.1) is 0 Å². The zero-order chi connectivity index (χ0) is 12.4. The van der Waals surface area contributed by atoms with Crippen molar-refractivity contribution < 1.29 is 0 Å². The van der Waals surface area contributed by atoms with E-state index in [4.69, 9.17) is 0 Å². The third kappa shape index (κ3) is 2.31. The lowest BCUT2D eigenvalue weighted by Gasteiger charge is -2.18. The summed E-state index contributed by atoms with van der Waals surface area (Å²) in [4.78, 5) is 8.70. The van der Waals surface area contributed by atoms with Crippen LogP contribution in [0.3, 0.4) is 0 Å². The maximum atomic E-state index is 4.49. The van der Waals surface area contributed by atoms with Crippen LogP contribution in [0.2, 0.25) is 0 Å². The summed E-state index contributed by atoms with van der Waals surface area (Å²) in [6, 6.07) is 6.57. The van der Waals surface area contributed by atoms with Crippen LogP contribution in [0, 0.1) is 0 Å². The van der Waals surface area contributed by atoms with E-state index in [2.05, 4.69) is 55.9 Å². The minimum atomic E-state index is 0.514. The van der Waals surface area contributed by atoms with Crippen molar-refractivity contribution in [1.82, 2.24) is 0 Å². The van der Waals surface area contributed by atoms with Gasteiger partial charge in [0.15, 0.2) is 0 Å². The van der Waals surface area contributed by atoms with Crippen molar-refractivity contribution in [3.63, 3.8) is 0 Å². The molecule has 2 heteroatoms. The maximum Gasteiger partial charge on any atom is 0.130 e. The molecule has 0 unspecified atom stereocenters. The zero-order valence-electron chi connectivity index (χ0n) is 11.1. The number of nitrogens with zero attached hydrogens (tertiary/aromatic N) is 2. The minimum absolute atomic E-state index is 0.514. The average Bonchev–Trinajstić information content (AvgIpc) is 2.80. The normalized spacial score (nSPS) is 14.8. The molecule has 2 nitrogen and oxygen atoms in total. The highest BCUT2D eigenvalue weighted by molar-refractivity contribution is 6.40. The predicted octanol–water partition coefficient (Wildman–Crippen LogP) is 3.76. The fraction of sp³-hybridized carbons (Fsp3) is 0.467. The smallest absolute Gasteiger partial charge is 0.130 e. The molecule has 0 saturated heterocycles. The molecular formula is C15H20N2. The maximum absolute atomic E-state index is 4.49. The molecule has 0 saturated carbocycles. The van der Waals surface area contributed by atoms with Crippen LogP contribution < -0.4 is 0 Å². The molecule has 1 aromatic rings. The molecule has 1 aliphatic rings. The summed E-state index contributed by atoms with van der Waals surface area (Å²) in [5.74, 6) is 1.03. The van der Waals surface area contributed by atoms with Gasteiger partial charge in [0.2, 0.25) is 0 Å². The summed E-state index contributed by atoms with van der Waals surface area (Å²) in [7, 11) is 0. The highest BCUT2D eigenvalue weighted by Crippen LogP contribution is 2.28. The Morgan fingerprint density at radius 3 is 2.00 bits per heavy atom. The summed E-state index contributed by atoms with van der Waals surface area (Å²) >= 11 is 0. The van der Waals surface area contributed by atoms with Crippen molar-refractivity contribution in [2.24, 2.45) is 9.98 Å². The molecule has 2 rings (SSSR count). The van der Waals surface area contributed by atoms with Crippen molar-refractivity contribution in [2.75, 3.05) is 6.67 Å². The van der Waals surface area contributed by atoms with Crippen molar-refractivity contribution in [2.45, 2.75) is 39.5 Å². The second-order valence-corrected chi connectivity index (χ2v) is 5.12. The van der Waals surface area contributed by atoms with Gasteiger partial charge < -0.3 is 0 Å². The monoisotopic (exact) mass is 228 g/mol. The molecule has 0 aromatic heterocycles. The fourth-order valence-corrected chi connectivity index (χ4v) is 2.28. The SMILES string of the molecule is CC(C)c1cccc(C(C)C)c1C1=NCN=C1. The first-order valence-electron chi connectivity index (χ1n) is 6.28. The van der Waals surface area contributed by atoms with Gasteiger partial charge in [-0.3, -0.25) is 9.98 Å². The Morgan fingerprint density at radius 1 is 1.00 bits per heavy atom. The third-order valence-corrected chi connectivity index (χ3v) is 3.17. The Hall–Kier alpha value is -1.44. The van der Waals surface area contributed by atoms with Crippen LogP contribution in [-0.4, -0.2) is 18.6 Å². The molecule has 0 fully saturated rings. The van der Waals surface area contributed by atoms with Gasteiger partial charge in [0, 0.05) is 11.8 Å². The molecule has 1 aliphatic heterocycles. The second kappa shape index (κ2) is 4.82. The Morgan fingerprint density at radius 2 is 1.59 bits per heavy atom. The molecular weight excluding hydrogens is 208 g/mol. The van der Waals surface area contributed by atoms with Gasteiger partial charge in [-0.1, -0.05) is 45.9 Å². The molecule has 0 amide bonds. The van der Waals surface area contributed by atoms with Gasteiger partial charge in [-0.05, 0) is 23.0 Å². The van der Waals surface area contributed by atoms with Crippen LogP contribution in [0.5, 0.6) is 0 Å². The summed E-state index contributed by atoms with van der Waals surface area (Å²) in [5, 5.41) is 0. The third-order valence-electron chi connectivity index (χ3n) is 3.17. The number of benzene rings is 1. The van der Waals surface area contributed by atoms with E-state index < -0.39 is 0 Å². The van der Waals surface area contributed by atoms with E-state index in [-0.39, 0.29) is 0 Å². The van der Waals surface area contributed by atoms with Gasteiger partial charge >= 0.3 is 0 Å². The van der Waals surface area contributed by atoms with E-state index in [1.807, 2.05) is 6.21 Å². The molecule has 1 aromatic carbocycles. The van der Waals surface area contributed by atoms with Crippen LogP contribution in [-0.2, 0) is 0 Å². The first-order chi connectivity index (χ1) is 8.11. The molecule has 0 radical (unpaired) electrons. The van der Waals surface area contributed by atoms with E-state index in [0.717, 1.165) is 5.71 Å². The molecule has 0 atom stereocenters. The van der Waals surface area contributed by atoms with Gasteiger partial charge in [-0.25, -0.2) is 0 Å². The largest absolute Gasteiger partial charge is 0.268 e. The van der Waals surface area contributed by atoms with Crippen LogP contribution in [0.4, 0.5) is 0 Å². The van der Waals surface area contributed by atoms with E-state index in [9.17, 15) is 0 Å². The fourth-order valence-electron chi connectivity index (χ4n) is 2.28. The highest BCUT2D eigenvalue weighted by atomic mass is 15.0. The highest BCUT2D eigenvalue weighted by Gasteiger charge is 2.18. The summed E-state index contributed by atoms with van der Waals surface area (Å²) < 4.78 is 0. The number of hydrogen-bond donors (Lipinski definition) is 0. The van der Waals surface area contributed by atoms with Crippen molar-refractivity contribution >= 4 is 11.9 Å². The quantitative estimate of drug-likeness (QED) is 0.752. The molecule has 1 heterocycles. The van der Waals surface area contributed by atoms with Crippen molar-refractivity contribution in [3.8, 4) is 0 Å². The van der Waals surface area contributed by atoms with Crippen LogP contribution in [0.1, 0.15) is 56.2 Å². The Bertz CT molecular complexity index is 442.